The molecule has 0 radical (unpaired) electrons. The summed E-state index contributed by atoms with van der Waals surface area (Å²) < 4.78 is 5.30. The quantitative estimate of drug-likeness (QED) is 0.737. The Kier molecular flexibility index (Phi) is 2.33. The maximum Gasteiger partial charge on any atom is 0.142 e. The average Bonchev–Trinajstić information content (AvgIpc) is 2.76. The third-order valence-corrected chi connectivity index (χ3v) is 4.46. The molecule has 3 heteroatoms. The summed E-state index contributed by atoms with van der Waals surface area (Å²) in [6.45, 7) is 3.68. The van der Waals surface area contributed by atoms with E-state index in [1.807, 2.05) is 0 Å². The van der Waals surface area contributed by atoms with Gasteiger partial charge in [0.05, 0.1) is 6.61 Å². The standard InChI is InChI=1S/C12H19NO2/c14-11(9-1-6-15-8-9)10-7-12(10)2-4-13-5-3-12/h9-10,13H,1-8H2. The molecular weight excluding hydrogens is 190 g/mol. The number of Topliss-reactive ketones (excluding diaryl/α,β-unsaturated/α-hetero) is 1. The number of carbonyl (C=O) groups is 1. The third kappa shape index (κ3) is 1.62. The highest BCUT2D eigenvalue weighted by Crippen LogP contribution is 2.59. The first-order valence-corrected chi connectivity index (χ1v) is 6.14. The number of ether oxygens (including phenoxy) is 1. The van der Waals surface area contributed by atoms with Crippen LogP contribution in [0.3, 0.4) is 0 Å². The molecule has 2 saturated heterocycles. The highest BCUT2D eigenvalue weighted by molar-refractivity contribution is 5.87. The van der Waals surface area contributed by atoms with Gasteiger partial charge >= 0.3 is 0 Å². The first-order valence-electron chi connectivity index (χ1n) is 6.14. The highest BCUT2D eigenvalue weighted by Gasteiger charge is 2.58. The van der Waals surface area contributed by atoms with E-state index in [-0.39, 0.29) is 5.92 Å². The smallest absolute Gasteiger partial charge is 0.142 e. The molecule has 3 nitrogen and oxygen atoms in total. The van der Waals surface area contributed by atoms with Crippen LogP contribution in [0.5, 0.6) is 0 Å². The Morgan fingerprint density at radius 2 is 2.13 bits per heavy atom. The maximum absolute atomic E-state index is 12.2. The molecule has 2 atom stereocenters. The van der Waals surface area contributed by atoms with E-state index in [4.69, 9.17) is 4.74 Å². The number of ketones is 1. The van der Waals surface area contributed by atoms with Crippen molar-refractivity contribution < 1.29 is 9.53 Å². The lowest BCUT2D eigenvalue weighted by molar-refractivity contribution is -0.125. The monoisotopic (exact) mass is 209 g/mol. The van der Waals surface area contributed by atoms with E-state index in [0.29, 0.717) is 23.7 Å². The van der Waals surface area contributed by atoms with E-state index in [0.717, 1.165) is 32.5 Å². The Bertz CT molecular complexity index is 265. The minimum absolute atomic E-state index is 0.226. The van der Waals surface area contributed by atoms with E-state index in [2.05, 4.69) is 5.32 Å². The Morgan fingerprint density at radius 1 is 1.33 bits per heavy atom. The topological polar surface area (TPSA) is 38.3 Å². The lowest BCUT2D eigenvalue weighted by atomic mass is 9.87. The lowest BCUT2D eigenvalue weighted by Gasteiger charge is -2.23. The number of hydrogen-bond acceptors (Lipinski definition) is 3. The van der Waals surface area contributed by atoms with Crippen LogP contribution in [0.2, 0.25) is 0 Å². The van der Waals surface area contributed by atoms with Crippen molar-refractivity contribution in [3.63, 3.8) is 0 Å². The zero-order chi connectivity index (χ0) is 10.3. The molecule has 0 aromatic rings. The second kappa shape index (κ2) is 3.56. The van der Waals surface area contributed by atoms with Crippen molar-refractivity contribution in [2.75, 3.05) is 26.3 Å². The molecule has 3 aliphatic rings. The zero-order valence-corrected chi connectivity index (χ0v) is 9.13. The molecular formula is C12H19NO2. The van der Waals surface area contributed by atoms with Crippen LogP contribution >= 0.6 is 0 Å². The Balaban J connectivity index is 1.62. The Labute approximate surface area is 90.6 Å². The molecule has 3 fully saturated rings. The van der Waals surface area contributed by atoms with Gasteiger partial charge < -0.3 is 10.1 Å². The summed E-state index contributed by atoms with van der Waals surface area (Å²) in [6.07, 6.45) is 4.53. The molecule has 2 aliphatic heterocycles. The number of hydrogen-bond donors (Lipinski definition) is 1. The molecule has 84 valence electrons. The van der Waals surface area contributed by atoms with Gasteiger partial charge in [-0.15, -0.1) is 0 Å². The van der Waals surface area contributed by atoms with Gasteiger partial charge in [0.25, 0.3) is 0 Å². The van der Waals surface area contributed by atoms with E-state index >= 15 is 0 Å². The van der Waals surface area contributed by atoms with Gasteiger partial charge in [-0.2, -0.15) is 0 Å². The fraction of sp³-hybridized carbons (Fsp3) is 0.917. The van der Waals surface area contributed by atoms with E-state index < -0.39 is 0 Å². The van der Waals surface area contributed by atoms with Crippen LogP contribution in [-0.2, 0) is 9.53 Å². The largest absolute Gasteiger partial charge is 0.381 e. The molecule has 1 N–H and O–H groups in total. The van der Waals surface area contributed by atoms with Crippen molar-refractivity contribution in [3.8, 4) is 0 Å². The molecule has 0 aromatic carbocycles. The molecule has 0 bridgehead atoms. The van der Waals surface area contributed by atoms with Crippen LogP contribution in [0.1, 0.15) is 25.7 Å². The van der Waals surface area contributed by atoms with Crippen LogP contribution < -0.4 is 5.32 Å². The van der Waals surface area contributed by atoms with Crippen LogP contribution in [0, 0.1) is 17.3 Å². The molecule has 2 unspecified atom stereocenters. The molecule has 1 spiro atoms. The first-order chi connectivity index (χ1) is 7.32. The minimum Gasteiger partial charge on any atom is -0.381 e. The van der Waals surface area contributed by atoms with Crippen molar-refractivity contribution in [2.45, 2.75) is 25.7 Å². The van der Waals surface area contributed by atoms with Gasteiger partial charge in [-0.3, -0.25) is 4.79 Å². The highest BCUT2D eigenvalue weighted by atomic mass is 16.5. The average molecular weight is 209 g/mol. The van der Waals surface area contributed by atoms with Crippen LogP contribution in [0.25, 0.3) is 0 Å². The maximum atomic E-state index is 12.2. The predicted molar refractivity (Wildman–Crippen MR) is 56.6 cm³/mol. The zero-order valence-electron chi connectivity index (χ0n) is 9.13. The fourth-order valence-electron chi connectivity index (χ4n) is 3.27. The fourth-order valence-corrected chi connectivity index (χ4v) is 3.27. The number of nitrogens with one attached hydrogen (secondary N) is 1. The third-order valence-electron chi connectivity index (χ3n) is 4.46. The molecule has 0 aromatic heterocycles. The van der Waals surface area contributed by atoms with E-state index in [1.165, 1.54) is 12.8 Å². The number of rotatable bonds is 2. The van der Waals surface area contributed by atoms with Crippen LogP contribution in [0.4, 0.5) is 0 Å². The van der Waals surface area contributed by atoms with Crippen molar-refractivity contribution in [1.29, 1.82) is 0 Å². The van der Waals surface area contributed by atoms with E-state index in [9.17, 15) is 4.79 Å². The molecule has 15 heavy (non-hydrogen) atoms. The summed E-state index contributed by atoms with van der Waals surface area (Å²) in [5.41, 5.74) is 0.408. The summed E-state index contributed by atoms with van der Waals surface area (Å²) in [5, 5.41) is 3.37. The SMILES string of the molecule is O=C(C1CCOC1)C1CC12CCNCC2. The summed E-state index contributed by atoms with van der Waals surface area (Å²) in [4.78, 5) is 12.2. The summed E-state index contributed by atoms with van der Waals surface area (Å²) in [6, 6.07) is 0. The van der Waals surface area contributed by atoms with Gasteiger partial charge in [-0.25, -0.2) is 0 Å². The first kappa shape index (κ1) is 9.79. The van der Waals surface area contributed by atoms with E-state index in [1.54, 1.807) is 0 Å². The molecule has 1 saturated carbocycles. The second-order valence-electron chi connectivity index (χ2n) is 5.33. The summed E-state index contributed by atoms with van der Waals surface area (Å²) in [5.74, 6) is 1.12. The van der Waals surface area contributed by atoms with Gasteiger partial charge in [0.1, 0.15) is 5.78 Å². The van der Waals surface area contributed by atoms with Crippen molar-refractivity contribution >= 4 is 5.78 Å². The number of carbonyl (C=O) groups excluding carboxylic acids is 1. The second-order valence-corrected chi connectivity index (χ2v) is 5.33. The molecule has 1 aliphatic carbocycles. The van der Waals surface area contributed by atoms with Crippen molar-refractivity contribution in [3.05, 3.63) is 0 Å². The van der Waals surface area contributed by atoms with Gasteiger partial charge in [0, 0.05) is 18.4 Å². The van der Waals surface area contributed by atoms with Gasteiger partial charge in [0.2, 0.25) is 0 Å². The van der Waals surface area contributed by atoms with Crippen LogP contribution in [-0.4, -0.2) is 32.1 Å². The van der Waals surface area contributed by atoms with Gasteiger partial charge in [-0.1, -0.05) is 0 Å². The molecule has 3 rings (SSSR count). The number of piperidine rings is 1. The van der Waals surface area contributed by atoms with Gasteiger partial charge in [-0.05, 0) is 44.2 Å². The normalized spacial score (nSPS) is 38.1. The van der Waals surface area contributed by atoms with Crippen molar-refractivity contribution in [2.24, 2.45) is 17.3 Å². The van der Waals surface area contributed by atoms with Gasteiger partial charge in [0.15, 0.2) is 0 Å². The van der Waals surface area contributed by atoms with Crippen molar-refractivity contribution in [1.82, 2.24) is 5.32 Å². The van der Waals surface area contributed by atoms with Crippen LogP contribution in [0.15, 0.2) is 0 Å². The summed E-state index contributed by atoms with van der Waals surface area (Å²) >= 11 is 0. The predicted octanol–water partition coefficient (Wildman–Crippen LogP) is 0.982. The lowest BCUT2D eigenvalue weighted by Crippen LogP contribution is -2.31. The Morgan fingerprint density at radius 3 is 2.80 bits per heavy atom. The molecule has 2 heterocycles. The minimum atomic E-state index is 0.226. The Hall–Kier alpha value is -0.410. The summed E-state index contributed by atoms with van der Waals surface area (Å²) in [7, 11) is 0. The molecule has 0 amide bonds.